The fourth-order valence-corrected chi connectivity index (χ4v) is 1.82. The molecule has 0 radical (unpaired) electrons. The molecule has 0 unspecified atom stereocenters. The molecule has 0 aliphatic carbocycles. The predicted molar refractivity (Wildman–Crippen MR) is 62.2 cm³/mol. The Labute approximate surface area is 115 Å². The molecule has 1 N–H and O–H groups in total. The first-order valence-corrected chi connectivity index (χ1v) is 5.68. The molecule has 0 saturated carbocycles. The summed E-state index contributed by atoms with van der Waals surface area (Å²) in [7, 11) is -4.42. The average molecular weight is 256 g/mol. The SMILES string of the molecule is C=Cc1ccccc1SOS(=O)(=O)O.[NaH]. The average Bonchev–Trinajstić information content (AvgIpc) is 2.14. The first-order valence-electron chi connectivity index (χ1n) is 3.58. The molecule has 1 aromatic rings. The molecule has 0 aliphatic heterocycles. The fourth-order valence-electron chi connectivity index (χ4n) is 0.805. The summed E-state index contributed by atoms with van der Waals surface area (Å²) < 4.78 is 33.1. The van der Waals surface area contributed by atoms with Gasteiger partial charge in [-0.15, -0.1) is 0 Å². The Morgan fingerprint density at radius 1 is 1.40 bits per heavy atom. The molecule has 0 fully saturated rings. The van der Waals surface area contributed by atoms with Crippen LogP contribution in [0.15, 0.2) is 35.7 Å². The van der Waals surface area contributed by atoms with Gasteiger partial charge in [0.2, 0.25) is 0 Å². The molecule has 0 aromatic heterocycles. The minimum atomic E-state index is -4.42. The minimum absolute atomic E-state index is 0. The van der Waals surface area contributed by atoms with Crippen LogP contribution in [0.1, 0.15) is 5.56 Å². The van der Waals surface area contributed by atoms with Gasteiger partial charge < -0.3 is 0 Å². The Hall–Kier alpha value is 0.180. The van der Waals surface area contributed by atoms with E-state index >= 15 is 0 Å². The van der Waals surface area contributed by atoms with E-state index in [2.05, 4.69) is 10.2 Å². The Morgan fingerprint density at radius 3 is 2.53 bits per heavy atom. The Bertz CT molecular complexity index is 430. The van der Waals surface area contributed by atoms with Crippen molar-refractivity contribution in [2.24, 2.45) is 0 Å². The summed E-state index contributed by atoms with van der Waals surface area (Å²) in [4.78, 5) is 0.570. The van der Waals surface area contributed by atoms with Crippen LogP contribution < -0.4 is 0 Å². The van der Waals surface area contributed by atoms with Crippen molar-refractivity contribution >= 4 is 58.1 Å². The van der Waals surface area contributed by atoms with Crippen LogP contribution in [0, 0.1) is 0 Å². The third kappa shape index (κ3) is 5.72. The fraction of sp³-hybridized carbons (Fsp3) is 0. The normalized spacial score (nSPS) is 10.5. The first kappa shape index (κ1) is 15.2. The van der Waals surface area contributed by atoms with Gasteiger partial charge in [-0.1, -0.05) is 30.9 Å². The second-order valence-corrected chi connectivity index (χ2v) is 4.33. The van der Waals surface area contributed by atoms with Gasteiger partial charge in [-0.05, 0) is 11.6 Å². The van der Waals surface area contributed by atoms with Gasteiger partial charge in [-0.3, -0.25) is 4.55 Å². The van der Waals surface area contributed by atoms with E-state index in [1.165, 1.54) is 0 Å². The maximum absolute atomic E-state index is 10.3. The molecule has 4 nitrogen and oxygen atoms in total. The maximum atomic E-state index is 10.3. The van der Waals surface area contributed by atoms with Gasteiger partial charge in [0, 0.05) is 4.90 Å². The van der Waals surface area contributed by atoms with E-state index in [9.17, 15) is 8.42 Å². The topological polar surface area (TPSA) is 63.6 Å². The van der Waals surface area contributed by atoms with E-state index in [4.69, 9.17) is 4.55 Å². The van der Waals surface area contributed by atoms with Gasteiger partial charge in [0.25, 0.3) is 0 Å². The van der Waals surface area contributed by atoms with E-state index in [1.807, 2.05) is 0 Å². The van der Waals surface area contributed by atoms with Crippen molar-refractivity contribution in [1.29, 1.82) is 0 Å². The summed E-state index contributed by atoms with van der Waals surface area (Å²) in [6.07, 6.45) is 1.57. The molecule has 78 valence electrons. The molecule has 0 amide bonds. The van der Waals surface area contributed by atoms with Crippen LogP contribution >= 0.6 is 12.0 Å². The van der Waals surface area contributed by atoms with Crippen LogP contribution in [-0.4, -0.2) is 42.5 Å². The number of hydrogen-bond acceptors (Lipinski definition) is 4. The van der Waals surface area contributed by atoms with Gasteiger partial charge in [-0.25, -0.2) is 0 Å². The summed E-state index contributed by atoms with van der Waals surface area (Å²) in [5, 5.41) is 0. The zero-order chi connectivity index (χ0) is 10.6. The van der Waals surface area contributed by atoms with Gasteiger partial charge in [0.15, 0.2) is 0 Å². The van der Waals surface area contributed by atoms with E-state index in [0.717, 1.165) is 5.56 Å². The number of hydrogen-bond donors (Lipinski definition) is 1. The standard InChI is InChI=1S/C8H8O4S2.Na.H/c1-2-7-5-3-4-6-8(7)13-12-14(9,10)11;;/h2-6H,1H2,(H,9,10,11);;. The van der Waals surface area contributed by atoms with Crippen LogP contribution in [0.5, 0.6) is 0 Å². The Balaban J connectivity index is 0.00000196. The molecule has 0 atom stereocenters. The third-order valence-corrected chi connectivity index (χ3v) is 2.86. The number of rotatable bonds is 4. The molecular weight excluding hydrogens is 247 g/mol. The monoisotopic (exact) mass is 256 g/mol. The Morgan fingerprint density at radius 2 is 2.00 bits per heavy atom. The van der Waals surface area contributed by atoms with E-state index in [0.29, 0.717) is 16.9 Å². The second kappa shape index (κ2) is 6.70. The molecule has 0 heterocycles. The van der Waals surface area contributed by atoms with E-state index in [1.54, 1.807) is 30.3 Å². The second-order valence-electron chi connectivity index (χ2n) is 2.32. The zero-order valence-corrected chi connectivity index (χ0v) is 8.72. The molecule has 0 bridgehead atoms. The quantitative estimate of drug-likeness (QED) is 0.502. The van der Waals surface area contributed by atoms with Crippen molar-refractivity contribution in [3.05, 3.63) is 36.4 Å². The van der Waals surface area contributed by atoms with Gasteiger partial charge >= 0.3 is 40.0 Å². The van der Waals surface area contributed by atoms with Crippen LogP contribution in [0.4, 0.5) is 0 Å². The molecule has 1 rings (SSSR count). The first-order chi connectivity index (χ1) is 6.53. The molecule has 15 heavy (non-hydrogen) atoms. The molecule has 7 heteroatoms. The van der Waals surface area contributed by atoms with Crippen LogP contribution in [0.3, 0.4) is 0 Å². The molecular formula is C8H9NaO4S2. The summed E-state index contributed by atoms with van der Waals surface area (Å²) in [6.45, 7) is 3.56. The van der Waals surface area contributed by atoms with Crippen LogP contribution in [0.2, 0.25) is 0 Å². The van der Waals surface area contributed by atoms with Gasteiger partial charge in [0.05, 0.1) is 12.0 Å². The van der Waals surface area contributed by atoms with Crippen molar-refractivity contribution in [2.45, 2.75) is 4.90 Å². The summed E-state index contributed by atoms with van der Waals surface area (Å²) in [5.74, 6) is 0. The molecule has 0 saturated heterocycles. The van der Waals surface area contributed by atoms with Crippen molar-refractivity contribution in [2.75, 3.05) is 0 Å². The molecule has 1 aromatic carbocycles. The van der Waals surface area contributed by atoms with Crippen molar-refractivity contribution in [1.82, 2.24) is 0 Å². The zero-order valence-electron chi connectivity index (χ0n) is 7.08. The van der Waals surface area contributed by atoms with Crippen LogP contribution in [0.25, 0.3) is 6.08 Å². The van der Waals surface area contributed by atoms with Crippen LogP contribution in [-0.2, 0) is 14.0 Å². The van der Waals surface area contributed by atoms with Crippen molar-refractivity contribution < 1.29 is 16.6 Å². The van der Waals surface area contributed by atoms with E-state index < -0.39 is 10.4 Å². The van der Waals surface area contributed by atoms with Crippen molar-refractivity contribution in [3.63, 3.8) is 0 Å². The predicted octanol–water partition coefficient (Wildman–Crippen LogP) is 1.51. The summed E-state index contributed by atoms with van der Waals surface area (Å²) >= 11 is 0.569. The molecule has 0 spiro atoms. The summed E-state index contributed by atoms with van der Waals surface area (Å²) in [5.41, 5.74) is 0.737. The van der Waals surface area contributed by atoms with E-state index in [-0.39, 0.29) is 29.6 Å². The van der Waals surface area contributed by atoms with Crippen molar-refractivity contribution in [3.8, 4) is 0 Å². The Kier molecular flexibility index (Phi) is 6.78. The van der Waals surface area contributed by atoms with Gasteiger partial charge in [0.1, 0.15) is 0 Å². The summed E-state index contributed by atoms with van der Waals surface area (Å²) in [6, 6.07) is 6.92. The number of benzene rings is 1. The third-order valence-electron chi connectivity index (χ3n) is 1.35. The van der Waals surface area contributed by atoms with Gasteiger partial charge in [-0.2, -0.15) is 12.0 Å². The molecule has 0 aliphatic rings.